The first kappa shape index (κ1) is 45.4. The van der Waals surface area contributed by atoms with Gasteiger partial charge in [-0.25, -0.2) is 9.59 Å². The van der Waals surface area contributed by atoms with Crippen LogP contribution in [-0.4, -0.2) is 83.9 Å². The summed E-state index contributed by atoms with van der Waals surface area (Å²) in [6.07, 6.45) is 14.9. The molecule has 0 saturated heterocycles. The lowest BCUT2D eigenvalue weighted by Crippen LogP contribution is -2.37. The summed E-state index contributed by atoms with van der Waals surface area (Å²) in [7, 11) is 0. The number of hydrogen-bond donors (Lipinski definition) is 5. The van der Waals surface area contributed by atoms with E-state index in [9.17, 15) is 24.6 Å². The molecule has 5 N–H and O–H groups in total. The van der Waals surface area contributed by atoms with Crippen LogP contribution in [0.25, 0.3) is 0 Å². The predicted octanol–water partition coefficient (Wildman–Crippen LogP) is 5.75. The van der Waals surface area contributed by atoms with Gasteiger partial charge in [0.2, 0.25) is 0 Å². The molecule has 2 aliphatic rings. The number of aliphatic hydroxyl groups is 3. The van der Waals surface area contributed by atoms with Gasteiger partial charge in [-0.15, -0.1) is 0 Å². The van der Waals surface area contributed by atoms with Gasteiger partial charge in [0.05, 0.1) is 29.1 Å². The standard InChI is InChI=1S/C26H47NO5.C10H17NO4.CH4/c1-4-6-7-8-9-10-11-12-13-14-15-16-17-18-23(29)31-20-22(28)25-24(27-19-5-2)21(3)26(30)32-25;1-3-4-11-8-6(2)10(14)15-9(8)7(13)5-12;/h22,25,27-28H,4-20H2,1-3H3;7,9,11-13H,3-5H2,1-2H3;1H4/t22-,25+;7-,9+;/m00./s1. The smallest absolute Gasteiger partial charge is 0.336 e. The Morgan fingerprint density at radius 2 is 1.08 bits per heavy atom. The fourth-order valence-corrected chi connectivity index (χ4v) is 5.42. The Labute approximate surface area is 290 Å². The first-order valence-electron chi connectivity index (χ1n) is 18.1. The number of esters is 3. The van der Waals surface area contributed by atoms with Crippen LogP contribution in [0.4, 0.5) is 0 Å². The second-order valence-electron chi connectivity index (χ2n) is 12.6. The average Bonchev–Trinajstić information content (AvgIpc) is 3.52. The van der Waals surface area contributed by atoms with Gasteiger partial charge in [-0.2, -0.15) is 0 Å². The second kappa shape index (κ2) is 27.2. The molecule has 280 valence electrons. The number of nitrogens with one attached hydrogen (secondary N) is 2. The molecular formula is C37H68N2O9. The number of rotatable bonds is 25. The highest BCUT2D eigenvalue weighted by atomic mass is 16.6. The third kappa shape index (κ3) is 17.2. The highest BCUT2D eigenvalue weighted by Crippen LogP contribution is 2.24. The predicted molar refractivity (Wildman–Crippen MR) is 189 cm³/mol. The van der Waals surface area contributed by atoms with Gasteiger partial charge in [0.1, 0.15) is 18.8 Å². The van der Waals surface area contributed by atoms with Gasteiger partial charge in [0.15, 0.2) is 12.2 Å². The van der Waals surface area contributed by atoms with Crippen LogP contribution in [0.3, 0.4) is 0 Å². The summed E-state index contributed by atoms with van der Waals surface area (Å²) in [4.78, 5) is 35.1. The Morgan fingerprint density at radius 1 is 0.688 bits per heavy atom. The molecule has 0 aliphatic carbocycles. The summed E-state index contributed by atoms with van der Waals surface area (Å²) in [6.45, 7) is 10.4. The van der Waals surface area contributed by atoms with Crippen molar-refractivity contribution in [1.29, 1.82) is 0 Å². The highest BCUT2D eigenvalue weighted by Gasteiger charge is 2.37. The van der Waals surface area contributed by atoms with E-state index >= 15 is 0 Å². The molecule has 0 aromatic carbocycles. The summed E-state index contributed by atoms with van der Waals surface area (Å²) in [6, 6.07) is 0. The number of cyclic esters (lactones) is 2. The fraction of sp³-hybridized carbons (Fsp3) is 0.811. The van der Waals surface area contributed by atoms with Gasteiger partial charge in [-0.05, 0) is 33.1 Å². The third-order valence-corrected chi connectivity index (χ3v) is 8.37. The molecule has 4 atom stereocenters. The molecule has 0 amide bonds. The summed E-state index contributed by atoms with van der Waals surface area (Å²) in [5.74, 6) is -1.18. The monoisotopic (exact) mass is 684 g/mol. The summed E-state index contributed by atoms with van der Waals surface area (Å²) in [5, 5.41) is 34.8. The molecule has 0 spiro atoms. The molecule has 0 aromatic heterocycles. The van der Waals surface area contributed by atoms with E-state index in [2.05, 4.69) is 17.6 Å². The lowest BCUT2D eigenvalue weighted by Gasteiger charge is -2.21. The lowest BCUT2D eigenvalue weighted by atomic mass is 10.0. The second-order valence-corrected chi connectivity index (χ2v) is 12.6. The largest absolute Gasteiger partial charge is 0.463 e. The minimum absolute atomic E-state index is 0. The first-order valence-corrected chi connectivity index (χ1v) is 18.1. The van der Waals surface area contributed by atoms with Crippen LogP contribution in [0, 0.1) is 0 Å². The Kier molecular flexibility index (Phi) is 25.7. The van der Waals surface area contributed by atoms with Gasteiger partial charge < -0.3 is 40.2 Å². The van der Waals surface area contributed by atoms with E-state index in [1.54, 1.807) is 13.8 Å². The third-order valence-electron chi connectivity index (χ3n) is 8.37. The average molecular weight is 685 g/mol. The van der Waals surface area contributed by atoms with Crippen LogP contribution >= 0.6 is 0 Å². The van der Waals surface area contributed by atoms with Crippen molar-refractivity contribution in [2.45, 2.75) is 169 Å². The molecule has 0 aromatic rings. The van der Waals surface area contributed by atoms with Gasteiger partial charge in [-0.3, -0.25) is 4.79 Å². The van der Waals surface area contributed by atoms with E-state index in [1.165, 1.54) is 64.2 Å². The lowest BCUT2D eigenvalue weighted by molar-refractivity contribution is -0.153. The van der Waals surface area contributed by atoms with Crippen molar-refractivity contribution >= 4 is 17.9 Å². The van der Waals surface area contributed by atoms with Gasteiger partial charge in [0, 0.05) is 19.5 Å². The van der Waals surface area contributed by atoms with E-state index in [0.717, 1.165) is 32.1 Å². The minimum Gasteiger partial charge on any atom is -0.463 e. The van der Waals surface area contributed by atoms with Crippen molar-refractivity contribution in [3.8, 4) is 0 Å². The molecule has 11 nitrogen and oxygen atoms in total. The topological polar surface area (TPSA) is 164 Å². The minimum atomic E-state index is -1.06. The van der Waals surface area contributed by atoms with Crippen LogP contribution in [0.15, 0.2) is 22.5 Å². The number of aliphatic hydroxyl groups excluding tert-OH is 3. The van der Waals surface area contributed by atoms with Crippen molar-refractivity contribution < 1.29 is 43.9 Å². The van der Waals surface area contributed by atoms with E-state index < -0.39 is 43.0 Å². The normalized spacial score (nSPS) is 18.4. The number of carbonyl (C=O) groups excluding carboxylic acids is 3. The van der Waals surface area contributed by atoms with E-state index in [0.29, 0.717) is 42.1 Å². The molecule has 2 aliphatic heterocycles. The summed E-state index contributed by atoms with van der Waals surface area (Å²) >= 11 is 0. The van der Waals surface area contributed by atoms with Crippen molar-refractivity contribution in [3.05, 3.63) is 22.5 Å². The maximum Gasteiger partial charge on any atom is 0.336 e. The van der Waals surface area contributed by atoms with E-state index in [4.69, 9.17) is 19.3 Å². The van der Waals surface area contributed by atoms with Crippen molar-refractivity contribution in [1.82, 2.24) is 10.6 Å². The highest BCUT2D eigenvalue weighted by molar-refractivity contribution is 5.92. The molecule has 48 heavy (non-hydrogen) atoms. The molecule has 0 radical (unpaired) electrons. The molecular weight excluding hydrogens is 616 g/mol. The molecule has 0 unspecified atom stereocenters. The van der Waals surface area contributed by atoms with Gasteiger partial charge in [0.25, 0.3) is 0 Å². The number of unbranched alkanes of at least 4 members (excludes halogenated alkanes) is 12. The zero-order chi connectivity index (χ0) is 35.0. The molecule has 2 rings (SSSR count). The van der Waals surface area contributed by atoms with Crippen LogP contribution in [0.1, 0.15) is 145 Å². The van der Waals surface area contributed by atoms with Crippen molar-refractivity contribution in [3.63, 3.8) is 0 Å². The number of hydrogen-bond acceptors (Lipinski definition) is 11. The molecule has 2 heterocycles. The summed E-state index contributed by atoms with van der Waals surface area (Å²) < 4.78 is 15.4. The number of carbonyl (C=O) groups is 3. The Hall–Kier alpha value is -2.63. The maximum atomic E-state index is 12.0. The van der Waals surface area contributed by atoms with Crippen LogP contribution in [0.5, 0.6) is 0 Å². The molecule has 0 saturated carbocycles. The van der Waals surface area contributed by atoms with Crippen LogP contribution in [-0.2, 0) is 28.6 Å². The molecule has 0 bridgehead atoms. The molecule has 11 heteroatoms. The Bertz CT molecular complexity index is 982. The SMILES string of the molecule is C.CCCCCCCCCCCCCCCC(=O)OC[C@H](O)[C@H]1OC(=O)C(C)=C1NCCC.CCCNC1=C(C)C(=O)O[C@@H]1[C@@H](O)CO. The molecule has 0 fully saturated rings. The number of ether oxygens (including phenoxy) is 3. The van der Waals surface area contributed by atoms with Crippen LogP contribution < -0.4 is 10.6 Å². The van der Waals surface area contributed by atoms with Crippen LogP contribution in [0.2, 0.25) is 0 Å². The van der Waals surface area contributed by atoms with Crippen molar-refractivity contribution in [2.24, 2.45) is 0 Å². The van der Waals surface area contributed by atoms with E-state index in [1.807, 2.05) is 13.8 Å². The zero-order valence-corrected chi connectivity index (χ0v) is 29.7. The van der Waals surface area contributed by atoms with E-state index in [-0.39, 0.29) is 20.0 Å². The summed E-state index contributed by atoms with van der Waals surface area (Å²) in [5.41, 5.74) is 2.13. The van der Waals surface area contributed by atoms with Gasteiger partial charge >= 0.3 is 17.9 Å². The van der Waals surface area contributed by atoms with Crippen molar-refractivity contribution in [2.75, 3.05) is 26.3 Å². The Balaban J connectivity index is 0.00000115. The Morgan fingerprint density at radius 3 is 1.48 bits per heavy atom. The first-order chi connectivity index (χ1) is 22.6. The quantitative estimate of drug-likeness (QED) is 0.0452. The zero-order valence-electron chi connectivity index (χ0n) is 29.7. The fourth-order valence-electron chi connectivity index (χ4n) is 5.42. The maximum absolute atomic E-state index is 12.0. The van der Waals surface area contributed by atoms with Gasteiger partial charge in [-0.1, -0.05) is 105 Å².